The van der Waals surface area contributed by atoms with E-state index < -0.39 is 0 Å². The van der Waals surface area contributed by atoms with E-state index in [1.165, 1.54) is 4.57 Å². The summed E-state index contributed by atoms with van der Waals surface area (Å²) >= 11 is 0. The van der Waals surface area contributed by atoms with Gasteiger partial charge in [0, 0.05) is 13.1 Å². The Morgan fingerprint density at radius 3 is 2.38 bits per heavy atom. The van der Waals surface area contributed by atoms with Gasteiger partial charge in [-0.15, -0.1) is 12.4 Å². The lowest BCUT2D eigenvalue weighted by atomic mass is 9.96. The highest BCUT2D eigenvalue weighted by molar-refractivity contribution is 5.85. The summed E-state index contributed by atoms with van der Waals surface area (Å²) in [7, 11) is 0. The predicted octanol–water partition coefficient (Wildman–Crippen LogP) is 1.49. The number of nitrogens with one attached hydrogen (secondary N) is 1. The van der Waals surface area contributed by atoms with Gasteiger partial charge in [0.1, 0.15) is 6.54 Å². The Morgan fingerprint density at radius 2 is 1.88 bits per heavy atom. The number of carbonyl (C=O) groups is 1. The van der Waals surface area contributed by atoms with E-state index in [1.807, 2.05) is 38.1 Å². The Hall–Kier alpha value is -1.79. The lowest BCUT2D eigenvalue weighted by Gasteiger charge is -2.29. The molecular weight excluding hydrogens is 328 g/mol. The van der Waals surface area contributed by atoms with Gasteiger partial charge in [0.2, 0.25) is 5.91 Å². The Morgan fingerprint density at radius 1 is 1.29 bits per heavy atom. The summed E-state index contributed by atoms with van der Waals surface area (Å²) in [6.45, 7) is 4.93. The minimum atomic E-state index is -0.371. The summed E-state index contributed by atoms with van der Waals surface area (Å²) in [6, 6.07) is 7.56. The van der Waals surface area contributed by atoms with Crippen LogP contribution in [0.4, 0.5) is 0 Å². The molecule has 0 radical (unpaired) electrons. The van der Waals surface area contributed by atoms with Gasteiger partial charge in [-0.3, -0.25) is 13.9 Å². The third-order valence-electron chi connectivity index (χ3n) is 4.87. The van der Waals surface area contributed by atoms with E-state index in [2.05, 4.69) is 5.32 Å². The van der Waals surface area contributed by atoms with Crippen molar-refractivity contribution in [3.05, 3.63) is 34.7 Å². The number of hydrogen-bond donors (Lipinski definition) is 2. The molecule has 0 saturated heterocycles. The van der Waals surface area contributed by atoms with Crippen molar-refractivity contribution in [2.45, 2.75) is 45.3 Å². The monoisotopic (exact) mass is 352 g/mol. The molecule has 1 unspecified atom stereocenters. The molecule has 24 heavy (non-hydrogen) atoms. The first-order valence-corrected chi connectivity index (χ1v) is 8.19. The third-order valence-corrected chi connectivity index (χ3v) is 4.87. The predicted molar refractivity (Wildman–Crippen MR) is 97.4 cm³/mol. The number of rotatable bonds is 6. The number of para-hydroxylation sites is 2. The molecule has 3 rings (SSSR count). The molecule has 0 aliphatic heterocycles. The molecule has 1 aliphatic rings. The number of nitrogens with two attached hydrogens (primary N) is 1. The van der Waals surface area contributed by atoms with E-state index in [0.29, 0.717) is 19.0 Å². The van der Waals surface area contributed by atoms with Crippen LogP contribution in [0.15, 0.2) is 29.1 Å². The summed E-state index contributed by atoms with van der Waals surface area (Å²) in [5, 5.41) is 3.04. The largest absolute Gasteiger partial charge is 0.348 e. The van der Waals surface area contributed by atoms with Crippen LogP contribution in [0.5, 0.6) is 0 Å². The van der Waals surface area contributed by atoms with Gasteiger partial charge in [-0.1, -0.05) is 12.1 Å². The van der Waals surface area contributed by atoms with Gasteiger partial charge in [0.05, 0.1) is 16.6 Å². The Kier molecular flexibility index (Phi) is 5.40. The number of nitrogens with zero attached hydrogens (tertiary/aromatic N) is 2. The van der Waals surface area contributed by atoms with E-state index in [1.54, 1.807) is 4.57 Å². The zero-order valence-corrected chi connectivity index (χ0v) is 14.9. The van der Waals surface area contributed by atoms with Crippen LogP contribution in [0, 0.1) is 5.92 Å². The van der Waals surface area contributed by atoms with Crippen molar-refractivity contribution in [2.75, 3.05) is 6.54 Å². The highest BCUT2D eigenvalue weighted by atomic mass is 35.5. The summed E-state index contributed by atoms with van der Waals surface area (Å²) in [6.07, 6.45) is 2.20. The molecular formula is C17H25ClN4O2. The van der Waals surface area contributed by atoms with Crippen molar-refractivity contribution in [1.82, 2.24) is 14.5 Å². The topological polar surface area (TPSA) is 82.0 Å². The minimum absolute atomic E-state index is 0. The normalized spacial score (nSPS) is 16.5. The smallest absolute Gasteiger partial charge is 0.329 e. The number of fused-ring (bicyclic) bond motifs is 1. The van der Waals surface area contributed by atoms with Crippen LogP contribution < -0.4 is 16.7 Å². The zero-order chi connectivity index (χ0) is 16.6. The molecule has 1 aromatic heterocycles. The number of amides is 1. The second-order valence-electron chi connectivity index (χ2n) is 6.55. The summed E-state index contributed by atoms with van der Waals surface area (Å²) < 4.78 is 3.23. The molecule has 132 valence electrons. The van der Waals surface area contributed by atoms with Crippen molar-refractivity contribution in [1.29, 1.82) is 0 Å². The van der Waals surface area contributed by atoms with Crippen molar-refractivity contribution >= 4 is 29.3 Å². The quantitative estimate of drug-likeness (QED) is 0.826. The maximum Gasteiger partial charge on any atom is 0.329 e. The Balaban J connectivity index is 0.00000208. The molecule has 0 spiro atoms. The number of carbonyl (C=O) groups excluding carboxylic acids is 1. The number of benzene rings is 1. The average molecular weight is 353 g/mol. The zero-order valence-electron chi connectivity index (χ0n) is 14.1. The first kappa shape index (κ1) is 18.5. The molecule has 1 heterocycles. The number of halogens is 1. The number of aromatic nitrogens is 2. The third kappa shape index (κ3) is 3.21. The van der Waals surface area contributed by atoms with Crippen molar-refractivity contribution in [3.63, 3.8) is 0 Å². The van der Waals surface area contributed by atoms with Crippen LogP contribution in [0.25, 0.3) is 11.0 Å². The maximum atomic E-state index is 12.6. The van der Waals surface area contributed by atoms with Gasteiger partial charge in [-0.2, -0.15) is 0 Å². The number of aryl methyl sites for hydroxylation is 1. The van der Waals surface area contributed by atoms with Crippen LogP contribution in [0.1, 0.15) is 26.7 Å². The molecule has 1 saturated carbocycles. The summed E-state index contributed by atoms with van der Waals surface area (Å²) in [4.78, 5) is 25.0. The molecule has 1 aliphatic carbocycles. The van der Waals surface area contributed by atoms with Crippen molar-refractivity contribution in [3.8, 4) is 0 Å². The lowest BCUT2D eigenvalue weighted by molar-refractivity contribution is -0.123. The summed E-state index contributed by atoms with van der Waals surface area (Å²) in [5.41, 5.74) is 6.97. The molecule has 1 amide bonds. The van der Waals surface area contributed by atoms with Gasteiger partial charge < -0.3 is 11.1 Å². The fourth-order valence-electron chi connectivity index (χ4n) is 3.27. The highest BCUT2D eigenvalue weighted by Crippen LogP contribution is 2.38. The van der Waals surface area contributed by atoms with Gasteiger partial charge in [-0.25, -0.2) is 4.79 Å². The Labute approximate surface area is 147 Å². The van der Waals surface area contributed by atoms with Gasteiger partial charge in [0.15, 0.2) is 0 Å². The van der Waals surface area contributed by atoms with Crippen LogP contribution in [-0.2, 0) is 17.9 Å². The molecule has 6 nitrogen and oxygen atoms in total. The van der Waals surface area contributed by atoms with Crippen LogP contribution in [0.2, 0.25) is 0 Å². The molecule has 1 aromatic carbocycles. The van der Waals surface area contributed by atoms with E-state index in [0.717, 1.165) is 23.9 Å². The fourth-order valence-corrected chi connectivity index (χ4v) is 3.27. The van der Waals surface area contributed by atoms with E-state index in [9.17, 15) is 9.59 Å². The van der Waals surface area contributed by atoms with Gasteiger partial charge >= 0.3 is 5.69 Å². The van der Waals surface area contributed by atoms with E-state index >= 15 is 0 Å². The molecule has 1 fully saturated rings. The minimum Gasteiger partial charge on any atom is -0.348 e. The molecule has 2 aromatic rings. The van der Waals surface area contributed by atoms with Crippen LogP contribution in [-0.4, -0.2) is 27.1 Å². The second kappa shape index (κ2) is 6.99. The maximum absolute atomic E-state index is 12.6. The first-order chi connectivity index (χ1) is 11.0. The number of imidazole rings is 1. The molecule has 1 atom stereocenters. The van der Waals surface area contributed by atoms with Crippen LogP contribution >= 0.6 is 12.4 Å². The SMILES string of the molecule is CCn1c(=O)n(CC(=O)NC(C)(CN)C2CC2)c2ccccc21.Cl. The van der Waals surface area contributed by atoms with Crippen molar-refractivity contribution < 1.29 is 4.79 Å². The first-order valence-electron chi connectivity index (χ1n) is 8.19. The fraction of sp³-hybridized carbons (Fsp3) is 0.529. The molecule has 0 bridgehead atoms. The van der Waals surface area contributed by atoms with Gasteiger partial charge in [0.25, 0.3) is 0 Å². The second-order valence-corrected chi connectivity index (χ2v) is 6.55. The lowest BCUT2D eigenvalue weighted by Crippen LogP contribution is -2.54. The summed E-state index contributed by atoms with van der Waals surface area (Å²) in [5.74, 6) is 0.288. The highest BCUT2D eigenvalue weighted by Gasteiger charge is 2.41. The Bertz CT molecular complexity index is 793. The van der Waals surface area contributed by atoms with E-state index in [-0.39, 0.29) is 36.1 Å². The molecule has 7 heteroatoms. The average Bonchev–Trinajstić information content (AvgIpc) is 3.36. The van der Waals surface area contributed by atoms with Crippen molar-refractivity contribution in [2.24, 2.45) is 11.7 Å². The van der Waals surface area contributed by atoms with Crippen LogP contribution in [0.3, 0.4) is 0 Å². The molecule has 3 N–H and O–H groups in total. The van der Waals surface area contributed by atoms with Gasteiger partial charge in [-0.05, 0) is 44.7 Å². The van der Waals surface area contributed by atoms with E-state index in [4.69, 9.17) is 5.73 Å². The number of hydrogen-bond acceptors (Lipinski definition) is 3. The standard InChI is InChI=1S/C17H24N4O2.ClH/c1-3-20-13-6-4-5-7-14(13)21(16(20)23)10-15(22)19-17(2,11-18)12-8-9-12;/h4-7,12H,3,8-11,18H2,1-2H3,(H,19,22);1H.